The highest BCUT2D eigenvalue weighted by Crippen LogP contribution is 2.27. The van der Waals surface area contributed by atoms with Crippen molar-refractivity contribution in [3.05, 3.63) is 83.4 Å². The summed E-state index contributed by atoms with van der Waals surface area (Å²) < 4.78 is 56.8. The summed E-state index contributed by atoms with van der Waals surface area (Å²) in [7, 11) is -6.80. The number of carbonyl (C=O) groups excluding carboxylic acids is 1. The molecule has 12 heteroatoms. The Morgan fingerprint density at radius 1 is 1.00 bits per heavy atom. The highest BCUT2D eigenvalue weighted by Gasteiger charge is 2.28. The van der Waals surface area contributed by atoms with Crippen molar-refractivity contribution in [3.63, 3.8) is 0 Å². The summed E-state index contributed by atoms with van der Waals surface area (Å²) in [5.41, 5.74) is 0.975. The van der Waals surface area contributed by atoms with Crippen LogP contribution in [0.2, 0.25) is 5.02 Å². The molecule has 3 rings (SSSR count). The number of methoxy groups -OCH3 is 1. The van der Waals surface area contributed by atoms with Crippen molar-refractivity contribution in [2.75, 3.05) is 12.4 Å². The van der Waals surface area contributed by atoms with Crippen molar-refractivity contribution < 1.29 is 26.4 Å². The summed E-state index contributed by atoms with van der Waals surface area (Å²) in [5, 5.41) is 7.87. The lowest BCUT2D eigenvalue weighted by Gasteiger charge is -2.20. The molecule has 0 fully saturated rings. The Bertz CT molecular complexity index is 1380. The highest BCUT2D eigenvalue weighted by molar-refractivity contribution is 7.89. The second-order valence-electron chi connectivity index (χ2n) is 7.22. The number of rotatable bonds is 9. The maximum Gasteiger partial charge on any atom is 0.245 e. The fourth-order valence-electron chi connectivity index (χ4n) is 3.11. The van der Waals surface area contributed by atoms with Gasteiger partial charge in [-0.05, 0) is 54.4 Å². The lowest BCUT2D eigenvalue weighted by atomic mass is 10.1. The summed E-state index contributed by atoms with van der Waals surface area (Å²) in [5.74, 6) is -0.592. The van der Waals surface area contributed by atoms with Crippen LogP contribution in [0.5, 0.6) is 5.75 Å². The molecule has 0 spiro atoms. The van der Waals surface area contributed by atoms with Crippen LogP contribution in [0.1, 0.15) is 5.56 Å². The number of halogens is 1. The molecule has 0 bridgehead atoms. The van der Waals surface area contributed by atoms with Gasteiger partial charge in [-0.25, -0.2) is 22.0 Å². The zero-order valence-electron chi connectivity index (χ0n) is 17.9. The molecule has 4 N–H and O–H groups in total. The minimum absolute atomic E-state index is 0.0457. The van der Waals surface area contributed by atoms with E-state index in [-0.39, 0.29) is 32.7 Å². The van der Waals surface area contributed by atoms with Gasteiger partial charge < -0.3 is 10.1 Å². The number of amides is 1. The van der Waals surface area contributed by atoms with Crippen LogP contribution in [0.15, 0.2) is 82.6 Å². The Labute approximate surface area is 203 Å². The monoisotopic (exact) mass is 523 g/mol. The maximum atomic E-state index is 13.2. The molecule has 0 unspecified atom stereocenters. The molecule has 3 aromatic rings. The fraction of sp³-hybridized carbons (Fsp3) is 0.136. The van der Waals surface area contributed by atoms with Gasteiger partial charge in [0.15, 0.2) is 0 Å². The largest absolute Gasteiger partial charge is 0.495 e. The minimum Gasteiger partial charge on any atom is -0.495 e. The molecule has 9 nitrogen and oxygen atoms in total. The summed E-state index contributed by atoms with van der Waals surface area (Å²) in [6.45, 7) is 0. The first-order chi connectivity index (χ1) is 16.0. The first kappa shape index (κ1) is 25.7. The first-order valence-electron chi connectivity index (χ1n) is 9.83. The third-order valence-electron chi connectivity index (χ3n) is 4.76. The van der Waals surface area contributed by atoms with Gasteiger partial charge in [-0.1, -0.05) is 41.9 Å². The number of sulfonamides is 2. The van der Waals surface area contributed by atoms with E-state index in [2.05, 4.69) is 10.0 Å². The molecule has 0 aliphatic rings. The van der Waals surface area contributed by atoms with Crippen molar-refractivity contribution in [2.45, 2.75) is 22.3 Å². The molecule has 0 saturated carbocycles. The van der Waals surface area contributed by atoms with Gasteiger partial charge in [-0.3, -0.25) is 4.79 Å². The quantitative estimate of drug-likeness (QED) is 0.393. The van der Waals surface area contributed by atoms with Crippen LogP contribution < -0.4 is 19.9 Å². The molecule has 34 heavy (non-hydrogen) atoms. The average Bonchev–Trinajstić information content (AvgIpc) is 2.79. The van der Waals surface area contributed by atoms with Crippen molar-refractivity contribution >= 4 is 43.2 Å². The number of benzene rings is 3. The standard InChI is InChI=1S/C22H22ClN3O6S2/c1-32-20-12-7-16(23)14-21(20)34(30,31)26-19(13-15-5-3-2-4-6-15)22(27)25-17-8-10-18(11-9-17)33(24,28)29/h2-12,14,19,26H,13H2,1H3,(H,25,27)(H2,24,28,29)/t19-/m0/s1. The third kappa shape index (κ3) is 6.55. The average molecular weight is 524 g/mol. The normalized spacial score (nSPS) is 12.7. The van der Waals surface area contributed by atoms with E-state index in [9.17, 15) is 21.6 Å². The Kier molecular flexibility index (Phi) is 7.95. The number of nitrogens with one attached hydrogen (secondary N) is 2. The molecule has 1 amide bonds. The number of nitrogens with two attached hydrogens (primary N) is 1. The molecule has 180 valence electrons. The van der Waals surface area contributed by atoms with Gasteiger partial charge in [0.05, 0.1) is 12.0 Å². The smallest absolute Gasteiger partial charge is 0.245 e. The highest BCUT2D eigenvalue weighted by atomic mass is 35.5. The molecule has 0 aliphatic heterocycles. The van der Waals surface area contributed by atoms with Crippen molar-refractivity contribution in [3.8, 4) is 5.75 Å². The van der Waals surface area contributed by atoms with Gasteiger partial charge in [-0.2, -0.15) is 4.72 Å². The summed E-state index contributed by atoms with van der Waals surface area (Å²) in [6, 6.07) is 16.9. The van der Waals surface area contributed by atoms with Crippen LogP contribution in [-0.2, 0) is 31.3 Å². The number of carbonyl (C=O) groups is 1. The SMILES string of the molecule is COc1ccc(Cl)cc1S(=O)(=O)N[C@@H](Cc1ccccc1)C(=O)Nc1ccc(S(N)(=O)=O)cc1. The number of ether oxygens (including phenoxy) is 1. The molecule has 3 aromatic carbocycles. The van der Waals surface area contributed by atoms with Gasteiger partial charge in [0.1, 0.15) is 16.7 Å². The van der Waals surface area contributed by atoms with Gasteiger partial charge in [0.2, 0.25) is 26.0 Å². The number of hydrogen-bond acceptors (Lipinski definition) is 6. The van der Waals surface area contributed by atoms with Gasteiger partial charge in [-0.15, -0.1) is 0 Å². The molecule has 0 radical (unpaired) electrons. The molecule has 0 aromatic heterocycles. The number of hydrogen-bond donors (Lipinski definition) is 3. The summed E-state index contributed by atoms with van der Waals surface area (Å²) in [4.78, 5) is 12.7. The van der Waals surface area contributed by atoms with Crippen LogP contribution in [0.25, 0.3) is 0 Å². The predicted octanol–water partition coefficient (Wildman–Crippen LogP) is 2.52. The Morgan fingerprint density at radius 3 is 2.24 bits per heavy atom. The molecular formula is C22H22ClN3O6S2. The van der Waals surface area contributed by atoms with Crippen LogP contribution in [0.4, 0.5) is 5.69 Å². The lowest BCUT2D eigenvalue weighted by Crippen LogP contribution is -2.45. The van der Waals surface area contributed by atoms with Crippen molar-refractivity contribution in [1.29, 1.82) is 0 Å². The van der Waals surface area contributed by atoms with E-state index in [1.54, 1.807) is 30.3 Å². The van der Waals surface area contributed by atoms with Crippen LogP contribution in [0, 0.1) is 0 Å². The number of anilines is 1. The molecule has 1 atom stereocenters. The molecule has 0 aliphatic carbocycles. The zero-order chi connectivity index (χ0) is 24.9. The Hall–Kier alpha value is -2.96. The summed E-state index contributed by atoms with van der Waals surface area (Å²) in [6.07, 6.45) is 0.0457. The van der Waals surface area contributed by atoms with E-state index in [1.165, 1.54) is 49.6 Å². The van der Waals surface area contributed by atoms with E-state index in [1.807, 2.05) is 0 Å². The second-order valence-corrected chi connectivity index (χ2v) is 10.9. The first-order valence-corrected chi connectivity index (χ1v) is 13.2. The Balaban J connectivity index is 1.91. The van der Waals surface area contributed by atoms with E-state index in [0.717, 1.165) is 0 Å². The summed E-state index contributed by atoms with van der Waals surface area (Å²) >= 11 is 5.98. The maximum absolute atomic E-state index is 13.2. The van der Waals surface area contributed by atoms with E-state index < -0.39 is 32.0 Å². The van der Waals surface area contributed by atoms with E-state index in [0.29, 0.717) is 5.56 Å². The van der Waals surface area contributed by atoms with Crippen molar-refractivity contribution in [1.82, 2.24) is 4.72 Å². The fourth-order valence-corrected chi connectivity index (χ4v) is 5.25. The van der Waals surface area contributed by atoms with Crippen molar-refractivity contribution in [2.24, 2.45) is 5.14 Å². The van der Waals surface area contributed by atoms with Gasteiger partial charge >= 0.3 is 0 Å². The molecular weight excluding hydrogens is 502 g/mol. The van der Waals surface area contributed by atoms with E-state index in [4.69, 9.17) is 21.5 Å². The van der Waals surface area contributed by atoms with Crippen LogP contribution >= 0.6 is 11.6 Å². The second kappa shape index (κ2) is 10.5. The topological polar surface area (TPSA) is 145 Å². The van der Waals surface area contributed by atoms with Gasteiger partial charge in [0.25, 0.3) is 0 Å². The van der Waals surface area contributed by atoms with Crippen LogP contribution in [0.3, 0.4) is 0 Å². The molecule has 0 saturated heterocycles. The number of primary sulfonamides is 1. The molecule has 0 heterocycles. The zero-order valence-corrected chi connectivity index (χ0v) is 20.3. The predicted molar refractivity (Wildman–Crippen MR) is 129 cm³/mol. The lowest BCUT2D eigenvalue weighted by molar-refractivity contribution is -0.117. The minimum atomic E-state index is -4.22. The Morgan fingerprint density at radius 2 is 1.65 bits per heavy atom. The van der Waals surface area contributed by atoms with Gasteiger partial charge in [0, 0.05) is 10.7 Å². The third-order valence-corrected chi connectivity index (χ3v) is 7.42. The van der Waals surface area contributed by atoms with Crippen LogP contribution in [-0.4, -0.2) is 35.9 Å². The van der Waals surface area contributed by atoms with E-state index >= 15 is 0 Å².